The lowest BCUT2D eigenvalue weighted by atomic mass is 9.66. The van der Waals surface area contributed by atoms with E-state index >= 15 is 0 Å². The molecule has 1 aliphatic heterocycles. The molecule has 0 saturated heterocycles. The molecule has 0 radical (unpaired) electrons. The quantitative estimate of drug-likeness (QED) is 0.158. The van der Waals surface area contributed by atoms with Crippen molar-refractivity contribution < 1.29 is 4.74 Å². The first-order valence-corrected chi connectivity index (χ1v) is 22.7. The van der Waals surface area contributed by atoms with Gasteiger partial charge in [0, 0.05) is 44.5 Å². The van der Waals surface area contributed by atoms with Gasteiger partial charge >= 0.3 is 0 Å². The van der Waals surface area contributed by atoms with E-state index in [1.807, 2.05) is 133 Å². The number of para-hydroxylation sites is 2. The van der Waals surface area contributed by atoms with E-state index in [9.17, 15) is 0 Å². The molecule has 1 spiro atoms. The largest absolute Gasteiger partial charge is 0.457 e. The molecule has 0 atom stereocenters. The van der Waals surface area contributed by atoms with Crippen molar-refractivity contribution in [3.05, 3.63) is 253 Å². The average molecular weight is 871 g/mol. The minimum Gasteiger partial charge on any atom is -0.457 e. The van der Waals surface area contributed by atoms with Gasteiger partial charge in [-0.05, 0) is 57.6 Å². The summed E-state index contributed by atoms with van der Waals surface area (Å²) in [7, 11) is 0. The van der Waals surface area contributed by atoms with Crippen LogP contribution in [-0.4, -0.2) is 29.9 Å². The summed E-state index contributed by atoms with van der Waals surface area (Å²) in [4.78, 5) is 30.2. The molecule has 0 N–H and O–H groups in total. The fourth-order valence-corrected chi connectivity index (χ4v) is 9.91. The van der Waals surface area contributed by atoms with Crippen LogP contribution in [-0.2, 0) is 5.41 Å². The van der Waals surface area contributed by atoms with Crippen LogP contribution in [0.2, 0.25) is 0 Å². The highest BCUT2D eigenvalue weighted by molar-refractivity contribution is 5.92. The third-order valence-electron chi connectivity index (χ3n) is 13.1. The second kappa shape index (κ2) is 16.0. The molecule has 3 heterocycles. The van der Waals surface area contributed by atoms with Crippen LogP contribution in [0.1, 0.15) is 22.3 Å². The van der Waals surface area contributed by atoms with Crippen molar-refractivity contribution in [3.63, 3.8) is 0 Å². The zero-order valence-electron chi connectivity index (χ0n) is 36.5. The summed E-state index contributed by atoms with van der Waals surface area (Å²) >= 11 is 0. The minimum absolute atomic E-state index is 0.603. The Morgan fingerprint density at radius 3 is 1.04 bits per heavy atom. The summed E-state index contributed by atoms with van der Waals surface area (Å²) in [5.74, 6) is 5.39. The lowest BCUT2D eigenvalue weighted by Crippen LogP contribution is -2.32. The van der Waals surface area contributed by atoms with Gasteiger partial charge < -0.3 is 4.74 Å². The first-order chi connectivity index (χ1) is 33.7. The van der Waals surface area contributed by atoms with Crippen molar-refractivity contribution in [3.8, 4) is 102 Å². The molecule has 2 aliphatic rings. The molecule has 7 heteroatoms. The zero-order valence-corrected chi connectivity index (χ0v) is 36.5. The molecule has 0 unspecified atom stereocenters. The molecule has 318 valence electrons. The SMILES string of the molecule is c1ccc(-c2nc(-c3ccccc3)nc(-c3ccc(-c4ccc5c(c4)-c4ccc(-c6nc(-c7ccccc7)nc(-c7ccccc7)n6)cc4C54c5ccccc5Oc5ccccc54)cc3)n2)cc1. The van der Waals surface area contributed by atoms with E-state index in [0.29, 0.717) is 34.9 Å². The first-order valence-electron chi connectivity index (χ1n) is 22.7. The molecule has 2 aromatic heterocycles. The molecular formula is C61H38N6O. The number of benzene rings is 9. The highest BCUT2D eigenvalue weighted by atomic mass is 16.5. The fraction of sp³-hybridized carbons (Fsp3) is 0.0164. The summed E-state index contributed by atoms with van der Waals surface area (Å²) in [6.45, 7) is 0. The number of fused-ring (bicyclic) bond motifs is 9. The van der Waals surface area contributed by atoms with Gasteiger partial charge in [0.05, 0.1) is 5.41 Å². The van der Waals surface area contributed by atoms with Crippen LogP contribution in [0, 0.1) is 0 Å². The van der Waals surface area contributed by atoms with E-state index in [0.717, 1.165) is 83.8 Å². The van der Waals surface area contributed by atoms with Gasteiger partial charge in [-0.1, -0.05) is 206 Å². The Kier molecular flexibility index (Phi) is 9.25. The van der Waals surface area contributed by atoms with Crippen LogP contribution in [0.5, 0.6) is 11.5 Å². The van der Waals surface area contributed by atoms with Gasteiger partial charge in [-0.2, -0.15) is 0 Å². The van der Waals surface area contributed by atoms with E-state index in [-0.39, 0.29) is 0 Å². The van der Waals surface area contributed by atoms with Crippen molar-refractivity contribution in [1.29, 1.82) is 0 Å². The minimum atomic E-state index is -0.697. The number of rotatable bonds is 7. The highest BCUT2D eigenvalue weighted by Crippen LogP contribution is 2.62. The summed E-state index contributed by atoms with van der Waals surface area (Å²) in [6.07, 6.45) is 0. The Labute approximate surface area is 393 Å². The van der Waals surface area contributed by atoms with E-state index in [4.69, 9.17) is 34.6 Å². The molecule has 68 heavy (non-hydrogen) atoms. The molecule has 1 aliphatic carbocycles. The Hall–Kier alpha value is -9.20. The van der Waals surface area contributed by atoms with Gasteiger partial charge in [0.25, 0.3) is 0 Å². The summed E-state index contributed by atoms with van der Waals surface area (Å²) in [5.41, 5.74) is 13.8. The Morgan fingerprint density at radius 2 is 0.588 bits per heavy atom. The summed E-state index contributed by atoms with van der Waals surface area (Å²) < 4.78 is 6.70. The van der Waals surface area contributed by atoms with Crippen molar-refractivity contribution in [2.24, 2.45) is 0 Å². The van der Waals surface area contributed by atoms with Crippen molar-refractivity contribution in [2.75, 3.05) is 0 Å². The predicted octanol–water partition coefficient (Wildman–Crippen LogP) is 14.2. The topological polar surface area (TPSA) is 86.6 Å². The zero-order chi connectivity index (χ0) is 45.0. The number of hydrogen-bond donors (Lipinski definition) is 0. The van der Waals surface area contributed by atoms with Crippen LogP contribution in [0.25, 0.3) is 90.6 Å². The van der Waals surface area contributed by atoms with Gasteiger partial charge in [0.1, 0.15) is 11.5 Å². The molecule has 9 aromatic carbocycles. The highest BCUT2D eigenvalue weighted by Gasteiger charge is 2.51. The van der Waals surface area contributed by atoms with Gasteiger partial charge in [-0.15, -0.1) is 0 Å². The smallest absolute Gasteiger partial charge is 0.164 e. The lowest BCUT2D eigenvalue weighted by Gasteiger charge is -2.39. The first kappa shape index (κ1) is 39.2. The fourth-order valence-electron chi connectivity index (χ4n) is 9.91. The van der Waals surface area contributed by atoms with Gasteiger partial charge in [-0.25, -0.2) is 29.9 Å². The molecular weight excluding hydrogens is 833 g/mol. The summed E-state index contributed by atoms with van der Waals surface area (Å²) in [6, 6.07) is 79.4. The third-order valence-corrected chi connectivity index (χ3v) is 13.1. The van der Waals surface area contributed by atoms with Gasteiger partial charge in [0.2, 0.25) is 0 Å². The second-order valence-corrected chi connectivity index (χ2v) is 17.0. The van der Waals surface area contributed by atoms with E-state index in [1.54, 1.807) is 0 Å². The second-order valence-electron chi connectivity index (χ2n) is 17.0. The molecule has 13 rings (SSSR count). The number of hydrogen-bond acceptors (Lipinski definition) is 7. The molecule has 0 fully saturated rings. The van der Waals surface area contributed by atoms with E-state index in [2.05, 4.69) is 97.1 Å². The molecule has 11 aromatic rings. The van der Waals surface area contributed by atoms with Crippen LogP contribution in [0.15, 0.2) is 231 Å². The van der Waals surface area contributed by atoms with Gasteiger partial charge in [-0.3, -0.25) is 0 Å². The number of aromatic nitrogens is 6. The van der Waals surface area contributed by atoms with Gasteiger partial charge in [0.15, 0.2) is 34.9 Å². The van der Waals surface area contributed by atoms with Crippen LogP contribution in [0.4, 0.5) is 0 Å². The van der Waals surface area contributed by atoms with Crippen molar-refractivity contribution in [2.45, 2.75) is 5.41 Å². The molecule has 0 bridgehead atoms. The van der Waals surface area contributed by atoms with Crippen LogP contribution in [0.3, 0.4) is 0 Å². The maximum Gasteiger partial charge on any atom is 0.164 e. The predicted molar refractivity (Wildman–Crippen MR) is 269 cm³/mol. The Balaban J connectivity index is 0.966. The van der Waals surface area contributed by atoms with E-state index in [1.165, 1.54) is 5.56 Å². The summed E-state index contributed by atoms with van der Waals surface area (Å²) in [5, 5.41) is 0. The number of ether oxygens (including phenoxy) is 1. The van der Waals surface area contributed by atoms with Crippen molar-refractivity contribution >= 4 is 0 Å². The van der Waals surface area contributed by atoms with Crippen molar-refractivity contribution in [1.82, 2.24) is 29.9 Å². The molecule has 7 nitrogen and oxygen atoms in total. The van der Waals surface area contributed by atoms with Crippen LogP contribution < -0.4 is 4.74 Å². The Morgan fingerprint density at radius 1 is 0.235 bits per heavy atom. The third kappa shape index (κ3) is 6.51. The molecule has 0 amide bonds. The average Bonchev–Trinajstić information content (AvgIpc) is 3.70. The Bertz CT molecular complexity index is 3530. The lowest BCUT2D eigenvalue weighted by molar-refractivity contribution is 0.436. The maximum atomic E-state index is 6.70. The normalized spacial score (nSPS) is 12.6. The molecule has 0 saturated carbocycles. The number of nitrogens with zero attached hydrogens (tertiary/aromatic N) is 6. The monoisotopic (exact) mass is 870 g/mol. The standard InChI is InChI=1S/C61H38N6O/c1-5-17-40(18-6-1)55-62-56(41-19-7-2-8-20-41)65-59(64-55)44-31-29-39(30-32-44)45-34-36-49-48(37-45)47-35-33-46(38-52(47)61(49)50-25-13-15-27-53(50)68-54-28-16-14-26-51(54)61)60-66-57(42-21-9-3-10-22-42)63-58(67-60)43-23-11-4-12-24-43/h1-38H. The van der Waals surface area contributed by atoms with E-state index < -0.39 is 5.41 Å². The van der Waals surface area contributed by atoms with Crippen LogP contribution >= 0.6 is 0 Å². The maximum absolute atomic E-state index is 6.70.